The smallest absolute Gasteiger partial charge is 0.356 e. The van der Waals surface area contributed by atoms with E-state index in [1.807, 2.05) is 18.2 Å². The summed E-state index contributed by atoms with van der Waals surface area (Å²) in [6, 6.07) is 9.09. The number of hydrogen-bond donors (Lipinski definition) is 2. The molecule has 1 aromatic heterocycles. The number of aliphatic hydroxyl groups excluding tert-OH is 1. The number of carboxylic acids is 1. The van der Waals surface area contributed by atoms with Crippen LogP contribution in [0.25, 0.3) is 5.69 Å². The second-order valence-electron chi connectivity index (χ2n) is 3.33. The minimum Gasteiger partial charge on any atom is -0.476 e. The molecule has 2 rings (SSSR count). The van der Waals surface area contributed by atoms with Gasteiger partial charge in [-0.3, -0.25) is 0 Å². The average molecular weight is 297 g/mol. The van der Waals surface area contributed by atoms with Crippen molar-refractivity contribution in [3.05, 3.63) is 46.2 Å². The highest BCUT2D eigenvalue weighted by Crippen LogP contribution is 2.24. The van der Waals surface area contributed by atoms with E-state index in [4.69, 9.17) is 10.2 Å². The lowest BCUT2D eigenvalue weighted by molar-refractivity contribution is 0.0686. The van der Waals surface area contributed by atoms with Gasteiger partial charge < -0.3 is 10.2 Å². The lowest BCUT2D eigenvalue weighted by atomic mass is 10.2. The van der Waals surface area contributed by atoms with Crippen LogP contribution >= 0.6 is 15.9 Å². The van der Waals surface area contributed by atoms with Gasteiger partial charge in [0.25, 0.3) is 0 Å². The SMILES string of the molecule is O=C(O)c1nn(-c2ccccc2)c(Br)c1CO. The van der Waals surface area contributed by atoms with Crippen molar-refractivity contribution in [1.82, 2.24) is 9.78 Å². The fraction of sp³-hybridized carbons (Fsp3) is 0.0909. The van der Waals surface area contributed by atoms with Crippen LogP contribution in [0.1, 0.15) is 16.1 Å². The molecule has 0 amide bonds. The Bertz CT molecular complexity index is 551. The Morgan fingerprint density at radius 2 is 2.00 bits per heavy atom. The second kappa shape index (κ2) is 4.68. The fourth-order valence-electron chi connectivity index (χ4n) is 1.48. The lowest BCUT2D eigenvalue weighted by Crippen LogP contribution is -2.02. The van der Waals surface area contributed by atoms with Gasteiger partial charge in [-0.05, 0) is 28.1 Å². The number of halogens is 1. The minimum atomic E-state index is -1.16. The van der Waals surface area contributed by atoms with E-state index in [0.717, 1.165) is 5.69 Å². The molecule has 2 aromatic rings. The number of aromatic carboxylic acids is 1. The number of para-hydroxylation sites is 1. The number of hydrogen-bond acceptors (Lipinski definition) is 3. The van der Waals surface area contributed by atoms with Crippen molar-refractivity contribution >= 4 is 21.9 Å². The highest BCUT2D eigenvalue weighted by molar-refractivity contribution is 9.10. The Labute approximate surface area is 105 Å². The third-order valence-corrected chi connectivity index (χ3v) is 3.10. The molecule has 0 atom stereocenters. The molecule has 2 N–H and O–H groups in total. The molecule has 0 unspecified atom stereocenters. The Morgan fingerprint density at radius 3 is 2.47 bits per heavy atom. The third-order valence-electron chi connectivity index (χ3n) is 2.28. The summed E-state index contributed by atoms with van der Waals surface area (Å²) in [4.78, 5) is 11.0. The Balaban J connectivity index is 2.61. The standard InChI is InChI=1S/C11H9BrN2O3/c12-10-8(6-15)9(11(16)17)13-14(10)7-4-2-1-3-5-7/h1-5,15H,6H2,(H,16,17). The molecule has 0 aliphatic heterocycles. The summed E-state index contributed by atoms with van der Waals surface area (Å²) in [7, 11) is 0. The molecule has 0 aliphatic carbocycles. The van der Waals surface area contributed by atoms with E-state index in [2.05, 4.69) is 21.0 Å². The van der Waals surface area contributed by atoms with Crippen LogP contribution in [0.4, 0.5) is 0 Å². The van der Waals surface area contributed by atoms with Gasteiger partial charge >= 0.3 is 5.97 Å². The summed E-state index contributed by atoms with van der Waals surface area (Å²) in [5, 5.41) is 22.1. The Kier molecular flexibility index (Phi) is 3.26. The van der Waals surface area contributed by atoms with Gasteiger partial charge in [0.05, 0.1) is 12.3 Å². The summed E-state index contributed by atoms with van der Waals surface area (Å²) in [5.41, 5.74) is 0.839. The first-order chi connectivity index (χ1) is 8.15. The molecule has 1 heterocycles. The van der Waals surface area contributed by atoms with Crippen molar-refractivity contribution in [3.63, 3.8) is 0 Å². The molecule has 88 valence electrons. The fourth-order valence-corrected chi connectivity index (χ4v) is 2.08. The zero-order valence-corrected chi connectivity index (χ0v) is 10.3. The first kappa shape index (κ1) is 11.8. The van der Waals surface area contributed by atoms with Crippen LogP contribution in [0.5, 0.6) is 0 Å². The monoisotopic (exact) mass is 296 g/mol. The van der Waals surface area contributed by atoms with Gasteiger partial charge in [0.15, 0.2) is 5.69 Å². The van der Waals surface area contributed by atoms with E-state index < -0.39 is 5.97 Å². The van der Waals surface area contributed by atoms with Crippen molar-refractivity contribution in [2.75, 3.05) is 0 Å². The third kappa shape index (κ3) is 2.09. The van der Waals surface area contributed by atoms with Crippen molar-refractivity contribution in [2.45, 2.75) is 6.61 Å². The number of aliphatic hydroxyl groups is 1. The molecule has 0 spiro atoms. The highest BCUT2D eigenvalue weighted by Gasteiger charge is 2.20. The van der Waals surface area contributed by atoms with Gasteiger partial charge in [0.2, 0.25) is 0 Å². The molecule has 0 aliphatic rings. The number of benzene rings is 1. The van der Waals surface area contributed by atoms with E-state index in [1.165, 1.54) is 4.68 Å². The molecular weight excluding hydrogens is 288 g/mol. The molecule has 6 heteroatoms. The number of carbonyl (C=O) groups is 1. The second-order valence-corrected chi connectivity index (χ2v) is 4.08. The molecule has 0 saturated heterocycles. The van der Waals surface area contributed by atoms with Crippen LogP contribution in [-0.4, -0.2) is 26.0 Å². The van der Waals surface area contributed by atoms with Crippen LogP contribution in [0.3, 0.4) is 0 Å². The largest absolute Gasteiger partial charge is 0.476 e. The number of carboxylic acid groups (broad SMARTS) is 1. The summed E-state index contributed by atoms with van der Waals surface area (Å²) in [6.07, 6.45) is 0. The Morgan fingerprint density at radius 1 is 1.35 bits per heavy atom. The molecule has 1 aromatic carbocycles. The highest BCUT2D eigenvalue weighted by atomic mass is 79.9. The van der Waals surface area contributed by atoms with E-state index >= 15 is 0 Å². The summed E-state index contributed by atoms with van der Waals surface area (Å²) < 4.78 is 1.89. The van der Waals surface area contributed by atoms with Crippen molar-refractivity contribution in [2.24, 2.45) is 0 Å². The van der Waals surface area contributed by atoms with Gasteiger partial charge in [0.1, 0.15) is 4.60 Å². The summed E-state index contributed by atoms with van der Waals surface area (Å²) in [5.74, 6) is -1.16. The minimum absolute atomic E-state index is 0.150. The first-order valence-corrected chi connectivity index (χ1v) is 5.61. The van der Waals surface area contributed by atoms with Gasteiger partial charge in [-0.15, -0.1) is 0 Å². The quantitative estimate of drug-likeness (QED) is 0.906. The predicted octanol–water partition coefficient (Wildman–Crippen LogP) is 1.83. The van der Waals surface area contributed by atoms with E-state index in [1.54, 1.807) is 12.1 Å². The molecule has 5 nitrogen and oxygen atoms in total. The average Bonchev–Trinajstić information content (AvgIpc) is 2.67. The maximum atomic E-state index is 11.0. The number of nitrogens with zero attached hydrogens (tertiary/aromatic N) is 2. The Hall–Kier alpha value is -1.66. The molecule has 0 saturated carbocycles. The molecule has 0 fully saturated rings. The maximum Gasteiger partial charge on any atom is 0.356 e. The topological polar surface area (TPSA) is 75.3 Å². The molecule has 17 heavy (non-hydrogen) atoms. The first-order valence-electron chi connectivity index (χ1n) is 4.82. The van der Waals surface area contributed by atoms with Crippen LogP contribution in [0, 0.1) is 0 Å². The summed E-state index contributed by atoms with van der Waals surface area (Å²) in [6.45, 7) is -0.380. The van der Waals surface area contributed by atoms with Gasteiger partial charge in [-0.1, -0.05) is 18.2 Å². The lowest BCUT2D eigenvalue weighted by Gasteiger charge is -2.02. The van der Waals surface area contributed by atoms with Crippen molar-refractivity contribution in [1.29, 1.82) is 0 Å². The predicted molar refractivity (Wildman–Crippen MR) is 64.1 cm³/mol. The number of aromatic nitrogens is 2. The van der Waals surface area contributed by atoms with Crippen LogP contribution in [0.15, 0.2) is 34.9 Å². The van der Waals surface area contributed by atoms with Crippen LogP contribution < -0.4 is 0 Å². The van der Waals surface area contributed by atoms with Crippen LogP contribution in [-0.2, 0) is 6.61 Å². The summed E-state index contributed by atoms with van der Waals surface area (Å²) >= 11 is 3.24. The zero-order chi connectivity index (χ0) is 12.4. The van der Waals surface area contributed by atoms with Crippen molar-refractivity contribution in [3.8, 4) is 5.69 Å². The molecular formula is C11H9BrN2O3. The van der Waals surface area contributed by atoms with Crippen molar-refractivity contribution < 1.29 is 15.0 Å². The maximum absolute atomic E-state index is 11.0. The zero-order valence-electron chi connectivity index (χ0n) is 8.67. The van der Waals surface area contributed by atoms with E-state index in [-0.39, 0.29) is 17.9 Å². The van der Waals surface area contributed by atoms with Gasteiger partial charge in [-0.2, -0.15) is 5.10 Å². The normalized spacial score (nSPS) is 10.5. The van der Waals surface area contributed by atoms with Gasteiger partial charge in [-0.25, -0.2) is 9.48 Å². The van der Waals surface area contributed by atoms with Gasteiger partial charge in [0, 0.05) is 5.56 Å². The molecule has 0 radical (unpaired) electrons. The van der Waals surface area contributed by atoms with Crippen LogP contribution in [0.2, 0.25) is 0 Å². The van der Waals surface area contributed by atoms with E-state index in [9.17, 15) is 4.79 Å². The van der Waals surface area contributed by atoms with E-state index in [0.29, 0.717) is 4.60 Å². The number of rotatable bonds is 3. The molecule has 0 bridgehead atoms.